The molecule has 120 valence electrons. The maximum Gasteiger partial charge on any atom is 0.224 e. The van der Waals surface area contributed by atoms with Crippen LogP contribution in [0.15, 0.2) is 0 Å². The van der Waals surface area contributed by atoms with E-state index in [2.05, 4.69) is 10.0 Å². The second-order valence-electron chi connectivity index (χ2n) is 5.05. The molecule has 0 aromatic carbocycles. The maximum atomic E-state index is 12.1. The molecule has 0 aliphatic carbocycles. The number of rotatable bonds is 7. The Balaban J connectivity index is 0.00000361. The molecule has 1 heterocycles. The van der Waals surface area contributed by atoms with Gasteiger partial charge in [0.1, 0.15) is 0 Å². The Bertz CT molecular complexity index is 389. The molecule has 0 bridgehead atoms. The van der Waals surface area contributed by atoms with E-state index in [0.717, 1.165) is 32.1 Å². The SMILES string of the molecule is CNCCC(=O)N1CCCCC1CCNS(C)(=O)=O.Cl. The maximum absolute atomic E-state index is 12.1. The van der Waals surface area contributed by atoms with Crippen molar-refractivity contribution in [3.05, 3.63) is 0 Å². The topological polar surface area (TPSA) is 78.5 Å². The largest absolute Gasteiger partial charge is 0.340 e. The molecule has 6 nitrogen and oxygen atoms in total. The van der Waals surface area contributed by atoms with Crippen LogP contribution in [-0.2, 0) is 14.8 Å². The average Bonchev–Trinajstić information content (AvgIpc) is 2.35. The molecule has 1 rings (SSSR count). The van der Waals surface area contributed by atoms with Crippen LogP contribution in [0, 0.1) is 0 Å². The summed E-state index contributed by atoms with van der Waals surface area (Å²) in [5.74, 6) is 0.165. The van der Waals surface area contributed by atoms with Crippen molar-refractivity contribution in [1.82, 2.24) is 14.9 Å². The number of amides is 1. The number of likely N-dealkylation sites (tertiary alicyclic amines) is 1. The minimum absolute atomic E-state index is 0. The van der Waals surface area contributed by atoms with Gasteiger partial charge in [0.05, 0.1) is 6.26 Å². The van der Waals surface area contributed by atoms with Crippen molar-refractivity contribution >= 4 is 28.3 Å². The van der Waals surface area contributed by atoms with E-state index in [1.54, 1.807) is 0 Å². The van der Waals surface area contributed by atoms with Crippen molar-refractivity contribution in [2.24, 2.45) is 0 Å². The summed E-state index contributed by atoms with van der Waals surface area (Å²) in [6.07, 6.45) is 5.48. The van der Waals surface area contributed by atoms with Crippen molar-refractivity contribution in [1.29, 1.82) is 0 Å². The van der Waals surface area contributed by atoms with E-state index < -0.39 is 10.0 Å². The molecular formula is C12H26ClN3O3S. The minimum Gasteiger partial charge on any atom is -0.340 e. The summed E-state index contributed by atoms with van der Waals surface area (Å²) < 4.78 is 24.6. The zero-order valence-electron chi connectivity index (χ0n) is 12.2. The van der Waals surface area contributed by atoms with Crippen LogP contribution in [0.3, 0.4) is 0 Å². The molecule has 1 aliphatic heterocycles. The molecule has 1 fully saturated rings. The van der Waals surface area contributed by atoms with Crippen LogP contribution in [-0.4, -0.2) is 58.2 Å². The summed E-state index contributed by atoms with van der Waals surface area (Å²) in [4.78, 5) is 14.0. The molecule has 0 spiro atoms. The summed E-state index contributed by atoms with van der Waals surface area (Å²) in [5, 5.41) is 2.98. The zero-order chi connectivity index (χ0) is 14.3. The predicted octanol–water partition coefficient (Wildman–Crippen LogP) is 0.338. The fraction of sp³-hybridized carbons (Fsp3) is 0.917. The number of hydrogen-bond acceptors (Lipinski definition) is 4. The molecule has 1 amide bonds. The van der Waals surface area contributed by atoms with Crippen LogP contribution in [0.4, 0.5) is 0 Å². The molecule has 1 unspecified atom stereocenters. The van der Waals surface area contributed by atoms with Crippen molar-refractivity contribution in [2.75, 3.05) is 32.9 Å². The lowest BCUT2D eigenvalue weighted by Gasteiger charge is -2.36. The smallest absolute Gasteiger partial charge is 0.224 e. The third-order valence-corrected chi connectivity index (χ3v) is 4.11. The Kier molecular flexibility index (Phi) is 9.37. The number of carbonyl (C=O) groups is 1. The minimum atomic E-state index is -3.14. The highest BCUT2D eigenvalue weighted by Crippen LogP contribution is 2.20. The fourth-order valence-electron chi connectivity index (χ4n) is 2.42. The highest BCUT2D eigenvalue weighted by Gasteiger charge is 2.25. The molecule has 8 heteroatoms. The normalized spacial score (nSPS) is 19.5. The number of sulfonamides is 1. The first-order valence-corrected chi connectivity index (χ1v) is 8.72. The van der Waals surface area contributed by atoms with Gasteiger partial charge in [0.2, 0.25) is 15.9 Å². The van der Waals surface area contributed by atoms with Gasteiger partial charge in [0, 0.05) is 32.1 Å². The lowest BCUT2D eigenvalue weighted by Crippen LogP contribution is -2.45. The highest BCUT2D eigenvalue weighted by atomic mass is 35.5. The number of nitrogens with one attached hydrogen (secondary N) is 2. The van der Waals surface area contributed by atoms with Gasteiger partial charge >= 0.3 is 0 Å². The first-order valence-electron chi connectivity index (χ1n) is 6.83. The van der Waals surface area contributed by atoms with Gasteiger partial charge in [-0.05, 0) is 32.7 Å². The van der Waals surface area contributed by atoms with E-state index in [0.29, 0.717) is 25.9 Å². The molecule has 0 aromatic heterocycles. The van der Waals surface area contributed by atoms with E-state index in [1.807, 2.05) is 11.9 Å². The molecule has 0 aromatic rings. The van der Waals surface area contributed by atoms with Gasteiger partial charge in [0.25, 0.3) is 0 Å². The average molecular weight is 328 g/mol. The lowest BCUT2D eigenvalue weighted by molar-refractivity contribution is -0.134. The van der Waals surface area contributed by atoms with Crippen molar-refractivity contribution in [3.8, 4) is 0 Å². The molecular weight excluding hydrogens is 302 g/mol. The summed E-state index contributed by atoms with van der Waals surface area (Å²) in [6.45, 7) is 1.88. The molecule has 20 heavy (non-hydrogen) atoms. The van der Waals surface area contributed by atoms with Crippen molar-refractivity contribution in [2.45, 2.75) is 38.1 Å². The molecule has 0 saturated carbocycles. The molecule has 1 aliphatic rings. The Morgan fingerprint density at radius 2 is 2.00 bits per heavy atom. The summed E-state index contributed by atoms with van der Waals surface area (Å²) in [7, 11) is -1.31. The Labute approximate surface area is 128 Å². The van der Waals surface area contributed by atoms with E-state index in [1.165, 1.54) is 0 Å². The molecule has 0 radical (unpaired) electrons. The van der Waals surface area contributed by atoms with Crippen LogP contribution < -0.4 is 10.0 Å². The van der Waals surface area contributed by atoms with E-state index in [-0.39, 0.29) is 24.4 Å². The number of carbonyl (C=O) groups excluding carboxylic acids is 1. The monoisotopic (exact) mass is 327 g/mol. The number of piperidine rings is 1. The predicted molar refractivity (Wildman–Crippen MR) is 82.6 cm³/mol. The first kappa shape index (κ1) is 19.6. The number of halogens is 1. The second kappa shape index (κ2) is 9.55. The van der Waals surface area contributed by atoms with Gasteiger partial charge in [-0.15, -0.1) is 12.4 Å². The quantitative estimate of drug-likeness (QED) is 0.706. The molecule has 1 saturated heterocycles. The van der Waals surface area contributed by atoms with Gasteiger partial charge in [0.15, 0.2) is 0 Å². The molecule has 1 atom stereocenters. The van der Waals surface area contributed by atoms with E-state index >= 15 is 0 Å². The van der Waals surface area contributed by atoms with Gasteiger partial charge < -0.3 is 10.2 Å². The lowest BCUT2D eigenvalue weighted by atomic mass is 9.99. The van der Waals surface area contributed by atoms with E-state index in [4.69, 9.17) is 0 Å². The van der Waals surface area contributed by atoms with Crippen LogP contribution in [0.1, 0.15) is 32.1 Å². The highest BCUT2D eigenvalue weighted by molar-refractivity contribution is 7.88. The Morgan fingerprint density at radius 1 is 1.30 bits per heavy atom. The summed E-state index contributed by atoms with van der Waals surface area (Å²) in [6, 6.07) is 0.173. The van der Waals surface area contributed by atoms with Crippen LogP contribution in [0.25, 0.3) is 0 Å². The zero-order valence-corrected chi connectivity index (χ0v) is 13.9. The van der Waals surface area contributed by atoms with Crippen molar-refractivity contribution in [3.63, 3.8) is 0 Å². The Morgan fingerprint density at radius 3 is 2.60 bits per heavy atom. The third kappa shape index (κ3) is 7.42. The van der Waals surface area contributed by atoms with Gasteiger partial charge in [-0.1, -0.05) is 0 Å². The van der Waals surface area contributed by atoms with Gasteiger partial charge in [-0.25, -0.2) is 13.1 Å². The Hall–Kier alpha value is -0.370. The standard InChI is InChI=1S/C12H25N3O3S.ClH/c1-13-8-7-12(16)15-10-4-3-5-11(15)6-9-14-19(2,17)18;/h11,13-14H,3-10H2,1-2H3;1H. The molecule has 2 N–H and O–H groups in total. The van der Waals surface area contributed by atoms with E-state index in [9.17, 15) is 13.2 Å². The first-order chi connectivity index (χ1) is 8.94. The van der Waals surface area contributed by atoms with Crippen LogP contribution in [0.2, 0.25) is 0 Å². The summed E-state index contributed by atoms with van der Waals surface area (Å²) in [5.41, 5.74) is 0. The summed E-state index contributed by atoms with van der Waals surface area (Å²) >= 11 is 0. The van der Waals surface area contributed by atoms with Crippen LogP contribution >= 0.6 is 12.4 Å². The third-order valence-electron chi connectivity index (χ3n) is 3.38. The van der Waals surface area contributed by atoms with Crippen molar-refractivity contribution < 1.29 is 13.2 Å². The number of nitrogens with zero attached hydrogens (tertiary/aromatic N) is 1. The second-order valence-corrected chi connectivity index (χ2v) is 6.88. The van der Waals surface area contributed by atoms with Crippen LogP contribution in [0.5, 0.6) is 0 Å². The fourth-order valence-corrected chi connectivity index (χ4v) is 2.90. The number of hydrogen-bond donors (Lipinski definition) is 2. The van der Waals surface area contributed by atoms with Gasteiger partial charge in [-0.2, -0.15) is 0 Å². The van der Waals surface area contributed by atoms with Gasteiger partial charge in [-0.3, -0.25) is 4.79 Å².